The first-order valence-corrected chi connectivity index (χ1v) is 38.6. The van der Waals surface area contributed by atoms with E-state index in [0.29, 0.717) is 24.2 Å². The van der Waals surface area contributed by atoms with Gasteiger partial charge in [-0.25, -0.2) is 14.4 Å². The van der Waals surface area contributed by atoms with E-state index in [9.17, 15) is 28.8 Å². The van der Waals surface area contributed by atoms with Crippen LogP contribution in [0.4, 0.5) is 9.59 Å². The van der Waals surface area contributed by atoms with Crippen molar-refractivity contribution < 1.29 is 80.4 Å². The fourth-order valence-corrected chi connectivity index (χ4v) is 13.1. The largest absolute Gasteiger partial charge is 0.544 e. The van der Waals surface area contributed by atoms with Crippen LogP contribution in [-0.4, -0.2) is 176 Å². The maximum atomic E-state index is 15.9. The SMILES string of the molecule is C=CCOC(=O)CNC(=O)[C@@H](COC)NC(=O)[C@H](NC(=O)OC(C)(C)C)[C@H](OC(=O)[C@@H]1CCCCN1C(=O)[C@H](NC(=O)[C@@H](NC(=O)[C@H](C)NC(=O)OCC1c2ccccc2-c2ccccc21)[C@@H](C)O[Si](C)(C)C(C)(C)C)[C@H](OC)c1ccc(O[Si](C)(C)C(C)(C)C)cc1)C(C)C. The molecule has 0 aromatic heterocycles. The summed E-state index contributed by atoms with van der Waals surface area (Å²) >= 11 is 0. The van der Waals surface area contributed by atoms with Gasteiger partial charge >= 0.3 is 24.1 Å². The molecule has 1 aliphatic carbocycles. The Labute approximate surface area is 568 Å². The minimum Gasteiger partial charge on any atom is -0.544 e. The highest BCUT2D eigenvalue weighted by Crippen LogP contribution is 2.45. The van der Waals surface area contributed by atoms with Crippen LogP contribution in [0.15, 0.2) is 85.5 Å². The number of methoxy groups -OCH3 is 2. The van der Waals surface area contributed by atoms with Crippen molar-refractivity contribution >= 4 is 70.3 Å². The Bertz CT molecular complexity index is 3170. The highest BCUT2D eigenvalue weighted by Gasteiger charge is 2.47. The van der Waals surface area contributed by atoms with Crippen LogP contribution < -0.4 is 36.3 Å². The van der Waals surface area contributed by atoms with Crippen molar-refractivity contribution in [2.75, 3.05) is 47.1 Å². The number of alkyl carbamates (subject to hydrolysis) is 2. The van der Waals surface area contributed by atoms with Gasteiger partial charge in [0.2, 0.25) is 37.9 Å². The summed E-state index contributed by atoms with van der Waals surface area (Å²) in [6.45, 7) is 34.2. The minimum atomic E-state index is -2.74. The van der Waals surface area contributed by atoms with Crippen LogP contribution in [0, 0.1) is 5.92 Å². The summed E-state index contributed by atoms with van der Waals surface area (Å²) in [6, 6.07) is 13.8. The number of hydrogen-bond donors (Lipinski definition) is 6. The van der Waals surface area contributed by atoms with Crippen LogP contribution >= 0.6 is 0 Å². The van der Waals surface area contributed by atoms with Crippen molar-refractivity contribution in [3.63, 3.8) is 0 Å². The second-order valence-electron chi connectivity index (χ2n) is 28.9. The second-order valence-corrected chi connectivity index (χ2v) is 38.3. The lowest BCUT2D eigenvalue weighted by atomic mass is 9.95. The molecule has 7 amide bonds. The Morgan fingerprint density at radius 2 is 1.23 bits per heavy atom. The molecule has 2 aliphatic rings. The van der Waals surface area contributed by atoms with Gasteiger partial charge in [0.25, 0.3) is 0 Å². The molecule has 3 aromatic rings. The molecule has 9 atom stereocenters. The monoisotopic (exact) mass is 1370 g/mol. The van der Waals surface area contributed by atoms with Gasteiger partial charge in [-0.05, 0) is 136 Å². The van der Waals surface area contributed by atoms with Gasteiger partial charge in [0, 0.05) is 26.7 Å². The standard InChI is InChI=1S/C70H105N7O17Si2/c1-21-38-89-54(78)39-71-61(80)52(41-87-15)73-63(82)56(76-67(86)92-68(6,7)8)58(42(2)3)91-65(84)53-32-26-27-37-77(53)64(83)57(59(88-16)45-33-35-46(36-34-45)94-96(19,20)70(12,13)14)75-62(81)55(44(5)93-95(17,18)69(9,10)11)74-60(79)43(4)72-66(85)90-40-51-49-30-24-22-28-47(49)48-29-23-25-31-50(48)51/h21-25,28-31,33-36,42-44,51-53,55-59H,1,26-27,32,37-41H2,2-20H3,(H,71,80)(H,72,85)(H,73,82)(H,74,79)(H,75,81)(H,76,86)/t43-,44+,52+,53-,55-,56+,57+,58+,59+/m0/s1. The zero-order valence-corrected chi connectivity index (χ0v) is 61.6. The quantitative estimate of drug-likeness (QED) is 0.0157. The van der Waals surface area contributed by atoms with E-state index in [2.05, 4.69) is 72.3 Å². The number of likely N-dealkylation sites (tertiary alicyclic amines) is 1. The number of piperidine rings is 1. The molecule has 1 fully saturated rings. The normalized spacial score (nSPS) is 16.8. The number of fused-ring (bicyclic) bond motifs is 3. The van der Waals surface area contributed by atoms with Crippen molar-refractivity contribution in [1.29, 1.82) is 0 Å². The van der Waals surface area contributed by atoms with Crippen molar-refractivity contribution in [2.24, 2.45) is 5.92 Å². The molecule has 96 heavy (non-hydrogen) atoms. The predicted octanol–water partition coefficient (Wildman–Crippen LogP) is 8.88. The summed E-state index contributed by atoms with van der Waals surface area (Å²) in [5.41, 5.74) is 3.44. The molecule has 5 rings (SSSR count). The lowest BCUT2D eigenvalue weighted by Crippen LogP contribution is -2.64. The Morgan fingerprint density at radius 1 is 0.656 bits per heavy atom. The smallest absolute Gasteiger partial charge is 0.408 e. The fraction of sp³-hybridized carbons (Fsp3) is 0.586. The number of hydrogen-bond acceptors (Lipinski definition) is 17. The Morgan fingerprint density at radius 3 is 1.77 bits per heavy atom. The summed E-state index contributed by atoms with van der Waals surface area (Å²) in [4.78, 5) is 130. The highest BCUT2D eigenvalue weighted by atomic mass is 28.4. The summed E-state index contributed by atoms with van der Waals surface area (Å²) in [5, 5.41) is 15.4. The molecule has 0 unspecified atom stereocenters. The zero-order valence-electron chi connectivity index (χ0n) is 59.6. The molecule has 0 bridgehead atoms. The van der Waals surface area contributed by atoms with E-state index in [1.165, 1.54) is 32.1 Å². The van der Waals surface area contributed by atoms with E-state index >= 15 is 14.4 Å². The molecule has 24 nitrogen and oxygen atoms in total. The molecule has 1 heterocycles. The number of rotatable bonds is 30. The van der Waals surface area contributed by atoms with Crippen molar-refractivity contribution in [3.05, 3.63) is 102 Å². The Kier molecular flexibility index (Phi) is 28.0. The van der Waals surface area contributed by atoms with E-state index in [0.717, 1.165) is 22.3 Å². The number of carbonyl (C=O) groups is 9. The van der Waals surface area contributed by atoms with Crippen LogP contribution in [0.5, 0.6) is 5.75 Å². The number of amides is 7. The van der Waals surface area contributed by atoms with Gasteiger partial charge in [0.1, 0.15) is 79.6 Å². The molecule has 3 aromatic carbocycles. The van der Waals surface area contributed by atoms with Gasteiger partial charge in [-0.3, -0.25) is 28.8 Å². The predicted molar refractivity (Wildman–Crippen MR) is 368 cm³/mol. The molecule has 0 saturated carbocycles. The summed E-state index contributed by atoms with van der Waals surface area (Å²) in [5.74, 6) is -6.46. The van der Waals surface area contributed by atoms with E-state index in [-0.39, 0.29) is 42.2 Å². The fourth-order valence-electron chi connectivity index (χ4n) is 10.7. The lowest BCUT2D eigenvalue weighted by molar-refractivity contribution is -0.167. The first kappa shape index (κ1) is 79.0. The van der Waals surface area contributed by atoms with Gasteiger partial charge in [-0.15, -0.1) is 0 Å². The average Bonchev–Trinajstić information content (AvgIpc) is 1.62. The van der Waals surface area contributed by atoms with Gasteiger partial charge in [-0.2, -0.15) is 0 Å². The summed E-state index contributed by atoms with van der Waals surface area (Å²) < 4.78 is 47.5. The lowest BCUT2D eigenvalue weighted by Gasteiger charge is -2.41. The number of benzene rings is 3. The van der Waals surface area contributed by atoms with Gasteiger partial charge < -0.3 is 74.1 Å². The maximum absolute atomic E-state index is 15.9. The Balaban J connectivity index is 1.53. The first-order valence-electron chi connectivity index (χ1n) is 32.8. The number of ether oxygens (including phenoxy) is 6. The van der Waals surface area contributed by atoms with Crippen LogP contribution in [-0.2, 0) is 66.4 Å². The second kappa shape index (κ2) is 34.0. The maximum Gasteiger partial charge on any atom is 0.408 e. The van der Waals surface area contributed by atoms with E-state index in [1.54, 1.807) is 65.8 Å². The van der Waals surface area contributed by atoms with Crippen LogP contribution in [0.3, 0.4) is 0 Å². The summed E-state index contributed by atoms with van der Waals surface area (Å²) in [7, 11) is -2.44. The number of nitrogens with zero attached hydrogens (tertiary/aromatic N) is 1. The third kappa shape index (κ3) is 21.4. The number of nitrogens with one attached hydrogen (secondary N) is 6. The van der Waals surface area contributed by atoms with E-state index < -0.39 is 150 Å². The van der Waals surface area contributed by atoms with E-state index in [4.69, 9.17) is 37.3 Å². The molecule has 0 radical (unpaired) electrons. The molecule has 1 saturated heterocycles. The molecule has 6 N–H and O–H groups in total. The average molecular weight is 1370 g/mol. The number of carbonyl (C=O) groups excluding carboxylic acids is 9. The van der Waals surface area contributed by atoms with E-state index in [1.807, 2.05) is 82.4 Å². The molecule has 0 spiro atoms. The first-order chi connectivity index (χ1) is 44.8. The molecule has 1 aliphatic heterocycles. The van der Waals surface area contributed by atoms with Gasteiger partial charge in [-0.1, -0.05) is 129 Å². The topological polar surface area (TPSA) is 303 Å². The molecular formula is C70H105N7O17Si2. The minimum absolute atomic E-state index is 0.0208. The molecular weight excluding hydrogens is 1270 g/mol. The molecule has 26 heteroatoms. The van der Waals surface area contributed by atoms with Crippen molar-refractivity contribution in [3.8, 4) is 16.9 Å². The summed E-state index contributed by atoms with van der Waals surface area (Å²) in [6.07, 6.45) is -3.50. The third-order valence-corrected chi connectivity index (χ3v) is 26.8. The van der Waals surface area contributed by atoms with Crippen LogP contribution in [0.1, 0.15) is 138 Å². The van der Waals surface area contributed by atoms with Crippen molar-refractivity contribution in [2.45, 2.75) is 212 Å². The highest BCUT2D eigenvalue weighted by molar-refractivity contribution is 6.75. The van der Waals surface area contributed by atoms with Gasteiger partial charge in [0.05, 0.1) is 12.7 Å². The van der Waals surface area contributed by atoms with Crippen LogP contribution in [0.25, 0.3) is 11.1 Å². The van der Waals surface area contributed by atoms with Crippen molar-refractivity contribution in [1.82, 2.24) is 36.8 Å². The van der Waals surface area contributed by atoms with Gasteiger partial charge in [0.15, 0.2) is 8.32 Å². The molecule has 530 valence electrons. The zero-order chi connectivity index (χ0) is 71.8. The third-order valence-electron chi connectivity index (χ3n) is 17.9. The van der Waals surface area contributed by atoms with Crippen LogP contribution in [0.2, 0.25) is 36.3 Å². The number of esters is 2. The Hall–Kier alpha value is -7.66.